The number of aromatic amines is 1. The van der Waals surface area contributed by atoms with Crippen LogP contribution in [0.15, 0.2) is 53.6 Å². The molecule has 1 saturated heterocycles. The van der Waals surface area contributed by atoms with Crippen LogP contribution in [0.3, 0.4) is 0 Å². The summed E-state index contributed by atoms with van der Waals surface area (Å²) in [7, 11) is 0. The summed E-state index contributed by atoms with van der Waals surface area (Å²) in [5, 5.41) is 7.77. The maximum absolute atomic E-state index is 15.2. The monoisotopic (exact) mass is 582 g/mol. The van der Waals surface area contributed by atoms with E-state index >= 15 is 4.39 Å². The van der Waals surface area contributed by atoms with Crippen molar-refractivity contribution in [2.45, 2.75) is 38.0 Å². The molecule has 0 unspecified atom stereocenters. The Bertz CT molecular complexity index is 1680. The van der Waals surface area contributed by atoms with Gasteiger partial charge in [-0.05, 0) is 55.2 Å². The summed E-state index contributed by atoms with van der Waals surface area (Å²) in [4.78, 5) is 36.2. The number of carbonyl (C=O) groups excluding carboxylic acids is 1. The molecule has 1 aliphatic carbocycles. The van der Waals surface area contributed by atoms with Crippen LogP contribution in [-0.4, -0.2) is 63.3 Å². The molecule has 218 valence electrons. The third-order valence-corrected chi connectivity index (χ3v) is 7.64. The van der Waals surface area contributed by atoms with Crippen LogP contribution in [0.5, 0.6) is 5.75 Å². The Kier molecular flexibility index (Phi) is 7.25. The van der Waals surface area contributed by atoms with Gasteiger partial charge in [0.05, 0.1) is 28.3 Å². The smallest absolute Gasteiger partial charge is 0.419 e. The van der Waals surface area contributed by atoms with Crippen LogP contribution in [0.4, 0.5) is 23.5 Å². The van der Waals surface area contributed by atoms with E-state index in [9.17, 15) is 22.8 Å². The van der Waals surface area contributed by atoms with E-state index in [-0.39, 0.29) is 55.8 Å². The first-order valence-corrected chi connectivity index (χ1v) is 13.6. The van der Waals surface area contributed by atoms with Crippen LogP contribution < -0.4 is 15.2 Å². The lowest BCUT2D eigenvalue weighted by molar-refractivity contribution is -0.138. The van der Waals surface area contributed by atoms with Gasteiger partial charge in [-0.1, -0.05) is 6.07 Å². The molecule has 2 aromatic heterocycles. The molecular weight excluding hydrogens is 556 g/mol. The highest BCUT2D eigenvalue weighted by Crippen LogP contribution is 2.30. The lowest BCUT2D eigenvalue weighted by Gasteiger charge is -2.34. The molecule has 1 amide bonds. The van der Waals surface area contributed by atoms with Gasteiger partial charge in [0.25, 0.3) is 11.5 Å². The van der Waals surface area contributed by atoms with Gasteiger partial charge < -0.3 is 14.5 Å². The molecule has 0 bridgehead atoms. The summed E-state index contributed by atoms with van der Waals surface area (Å²) < 4.78 is 59.5. The van der Waals surface area contributed by atoms with Gasteiger partial charge in [0, 0.05) is 50.4 Å². The summed E-state index contributed by atoms with van der Waals surface area (Å²) >= 11 is 0. The first-order valence-electron chi connectivity index (χ1n) is 13.6. The van der Waals surface area contributed by atoms with Crippen molar-refractivity contribution in [2.75, 3.05) is 31.1 Å². The van der Waals surface area contributed by atoms with Crippen LogP contribution in [-0.2, 0) is 12.6 Å². The number of ether oxygens (including phenoxy) is 1. The van der Waals surface area contributed by atoms with Gasteiger partial charge in [0.2, 0.25) is 5.95 Å². The Morgan fingerprint density at radius 2 is 1.74 bits per heavy atom. The second kappa shape index (κ2) is 11.0. The van der Waals surface area contributed by atoms with E-state index in [4.69, 9.17) is 4.74 Å². The Morgan fingerprint density at radius 1 is 1.00 bits per heavy atom. The van der Waals surface area contributed by atoms with Crippen molar-refractivity contribution >= 4 is 22.6 Å². The fraction of sp³-hybridized carbons (Fsp3) is 0.345. The van der Waals surface area contributed by atoms with Crippen molar-refractivity contribution in [1.82, 2.24) is 25.1 Å². The Morgan fingerprint density at radius 3 is 2.38 bits per heavy atom. The third kappa shape index (κ3) is 5.63. The molecular formula is C29H26F4N6O3. The second-order valence-electron chi connectivity index (χ2n) is 10.4. The van der Waals surface area contributed by atoms with Crippen LogP contribution in [0.1, 0.15) is 46.4 Å². The number of fused-ring (bicyclic) bond motifs is 1. The first kappa shape index (κ1) is 27.6. The van der Waals surface area contributed by atoms with Crippen molar-refractivity contribution in [2.24, 2.45) is 0 Å². The third-order valence-electron chi connectivity index (χ3n) is 7.64. The van der Waals surface area contributed by atoms with Crippen molar-refractivity contribution in [3.63, 3.8) is 0 Å². The number of nitrogens with one attached hydrogen (secondary N) is 1. The van der Waals surface area contributed by atoms with Gasteiger partial charge in [0.1, 0.15) is 11.6 Å². The molecule has 1 aliphatic heterocycles. The summed E-state index contributed by atoms with van der Waals surface area (Å²) in [6.07, 6.45) is 0.425. The number of H-pyrrole nitrogens is 1. The van der Waals surface area contributed by atoms with Gasteiger partial charge in [-0.15, -0.1) is 0 Å². The number of alkyl halides is 3. The van der Waals surface area contributed by atoms with E-state index in [0.29, 0.717) is 27.8 Å². The van der Waals surface area contributed by atoms with Gasteiger partial charge in [-0.2, -0.15) is 18.3 Å². The van der Waals surface area contributed by atoms with E-state index in [2.05, 4.69) is 20.2 Å². The van der Waals surface area contributed by atoms with Gasteiger partial charge in [0.15, 0.2) is 0 Å². The summed E-state index contributed by atoms with van der Waals surface area (Å²) in [5.74, 6) is -0.389. The van der Waals surface area contributed by atoms with Crippen molar-refractivity contribution < 1.29 is 27.1 Å². The minimum Gasteiger partial charge on any atom is -0.490 e. The molecule has 42 heavy (non-hydrogen) atoms. The highest BCUT2D eigenvalue weighted by atomic mass is 19.4. The fourth-order valence-electron chi connectivity index (χ4n) is 5.03. The molecule has 9 nitrogen and oxygen atoms in total. The zero-order valence-corrected chi connectivity index (χ0v) is 22.3. The quantitative estimate of drug-likeness (QED) is 0.337. The number of hydrogen-bond donors (Lipinski definition) is 1. The predicted molar refractivity (Wildman–Crippen MR) is 145 cm³/mol. The van der Waals surface area contributed by atoms with Crippen LogP contribution >= 0.6 is 0 Å². The largest absolute Gasteiger partial charge is 0.490 e. The van der Waals surface area contributed by atoms with Crippen molar-refractivity contribution in [3.8, 4) is 5.75 Å². The summed E-state index contributed by atoms with van der Waals surface area (Å²) in [6.45, 7) is 1.02. The van der Waals surface area contributed by atoms with E-state index in [1.807, 2.05) is 0 Å². The van der Waals surface area contributed by atoms with Crippen LogP contribution in [0.2, 0.25) is 0 Å². The lowest BCUT2D eigenvalue weighted by atomic mass is 9.96. The SMILES string of the molecule is O=C(c1ccc(Cc2n[nH]c(=O)c3ccc(OC4CCC4)cc23)cc1F)N1CCN(c2ncc(C(F)(F)F)cn2)CC1. The van der Waals surface area contributed by atoms with Gasteiger partial charge in [-0.3, -0.25) is 9.59 Å². The molecule has 2 aliphatic rings. The molecule has 3 heterocycles. The molecule has 0 radical (unpaired) electrons. The molecule has 2 aromatic carbocycles. The van der Waals surface area contributed by atoms with Crippen LogP contribution in [0.25, 0.3) is 10.8 Å². The lowest BCUT2D eigenvalue weighted by Crippen LogP contribution is -2.49. The summed E-state index contributed by atoms with van der Waals surface area (Å²) in [5.41, 5.74) is -0.246. The van der Waals surface area contributed by atoms with Gasteiger partial charge >= 0.3 is 6.18 Å². The summed E-state index contributed by atoms with van der Waals surface area (Å²) in [6, 6.07) is 9.60. The number of rotatable bonds is 6. The average molecular weight is 583 g/mol. The molecule has 4 aromatic rings. The maximum Gasteiger partial charge on any atom is 0.419 e. The standard InChI is InChI=1S/C29H26F4N6O3/c30-24-12-17(13-25-23-14-20(42-19-2-1-3-19)5-7-21(23)26(40)37-36-25)4-6-22(24)27(41)38-8-10-39(11-9-38)28-34-15-18(16-35-28)29(31,32)33/h4-7,12,14-16,19H,1-3,8-11,13H2,(H,37,40). The number of hydrogen-bond acceptors (Lipinski definition) is 7. The van der Waals surface area contributed by atoms with Gasteiger partial charge in [-0.25, -0.2) is 19.5 Å². The highest BCUT2D eigenvalue weighted by Gasteiger charge is 2.32. The number of halogens is 4. The molecule has 6 rings (SSSR count). The number of anilines is 1. The number of nitrogens with zero attached hydrogens (tertiary/aromatic N) is 5. The molecule has 0 spiro atoms. The predicted octanol–water partition coefficient (Wildman–Crippen LogP) is 4.36. The van der Waals surface area contributed by atoms with E-state index in [1.54, 1.807) is 29.2 Å². The minimum absolute atomic E-state index is 0.0894. The first-order chi connectivity index (χ1) is 20.2. The zero-order chi connectivity index (χ0) is 29.4. The van der Waals surface area contributed by atoms with E-state index in [1.165, 1.54) is 17.0 Å². The Balaban J connectivity index is 1.13. The maximum atomic E-state index is 15.2. The minimum atomic E-state index is -4.53. The molecule has 2 fully saturated rings. The number of amides is 1. The average Bonchev–Trinajstić information content (AvgIpc) is 2.96. The molecule has 1 saturated carbocycles. The number of carbonyl (C=O) groups is 1. The number of piperazine rings is 1. The van der Waals surface area contributed by atoms with Crippen molar-refractivity contribution in [1.29, 1.82) is 0 Å². The topological polar surface area (TPSA) is 104 Å². The Hall–Kier alpha value is -4.55. The van der Waals surface area contributed by atoms with Crippen LogP contribution in [0, 0.1) is 5.82 Å². The molecule has 0 atom stereocenters. The highest BCUT2D eigenvalue weighted by molar-refractivity contribution is 5.94. The second-order valence-corrected chi connectivity index (χ2v) is 10.4. The molecule has 1 N–H and O–H groups in total. The molecule has 13 heteroatoms. The zero-order valence-electron chi connectivity index (χ0n) is 22.3. The van der Waals surface area contributed by atoms with Crippen molar-refractivity contribution in [3.05, 3.63) is 87.3 Å². The normalized spacial score (nSPS) is 16.0. The Labute approximate surface area is 237 Å². The van der Waals surface area contributed by atoms with E-state index < -0.39 is 23.5 Å². The van der Waals surface area contributed by atoms with E-state index in [0.717, 1.165) is 31.7 Å². The fourth-order valence-corrected chi connectivity index (χ4v) is 5.03. The number of benzene rings is 2. The number of aromatic nitrogens is 4.